The van der Waals surface area contributed by atoms with Crippen LogP contribution in [0.15, 0.2) is 36.4 Å². The van der Waals surface area contributed by atoms with E-state index in [1.54, 1.807) is 6.08 Å². The third-order valence-corrected chi connectivity index (χ3v) is 2.25. The lowest BCUT2D eigenvalue weighted by Crippen LogP contribution is -2.27. The minimum atomic E-state index is -0.123. The van der Waals surface area contributed by atoms with Gasteiger partial charge in [-0.05, 0) is 18.1 Å². The van der Waals surface area contributed by atoms with E-state index < -0.39 is 0 Å². The maximum atomic E-state index is 11.4. The van der Waals surface area contributed by atoms with Crippen molar-refractivity contribution in [1.29, 1.82) is 0 Å². The highest BCUT2D eigenvalue weighted by Crippen LogP contribution is 2.00. The van der Waals surface area contributed by atoms with Crippen LogP contribution in [0.5, 0.6) is 0 Å². The number of carbonyl (C=O) groups excluding carboxylic acids is 2. The Balaban J connectivity index is 2.18. The number of hydrogen-bond acceptors (Lipinski definition) is 2. The van der Waals surface area contributed by atoms with Crippen molar-refractivity contribution >= 4 is 17.9 Å². The van der Waals surface area contributed by atoms with E-state index in [0.717, 1.165) is 12.0 Å². The summed E-state index contributed by atoms with van der Waals surface area (Å²) in [6, 6.07) is 9.64. The van der Waals surface area contributed by atoms with E-state index in [1.807, 2.05) is 30.3 Å². The molecule has 18 heavy (non-hydrogen) atoms. The Morgan fingerprint density at radius 3 is 2.44 bits per heavy atom. The fraction of sp³-hybridized carbons (Fsp3) is 0.286. The molecule has 0 radical (unpaired) electrons. The SMILES string of the molecule is CC(=O)NCCCNC(=O)C=Cc1ccccc1. The summed E-state index contributed by atoms with van der Waals surface area (Å²) in [5, 5.41) is 5.42. The van der Waals surface area contributed by atoms with Crippen LogP contribution in [0.4, 0.5) is 0 Å². The zero-order valence-corrected chi connectivity index (χ0v) is 10.5. The van der Waals surface area contributed by atoms with Gasteiger partial charge in [-0.2, -0.15) is 0 Å². The number of nitrogens with one attached hydrogen (secondary N) is 2. The summed E-state index contributed by atoms with van der Waals surface area (Å²) < 4.78 is 0. The molecule has 2 N–H and O–H groups in total. The zero-order chi connectivity index (χ0) is 13.2. The van der Waals surface area contributed by atoms with Crippen molar-refractivity contribution in [1.82, 2.24) is 10.6 Å². The van der Waals surface area contributed by atoms with Crippen LogP contribution in [0.3, 0.4) is 0 Å². The average molecular weight is 246 g/mol. The van der Waals surface area contributed by atoms with Crippen molar-refractivity contribution in [2.24, 2.45) is 0 Å². The molecule has 0 aliphatic rings. The van der Waals surface area contributed by atoms with Gasteiger partial charge in [-0.1, -0.05) is 30.3 Å². The molecule has 1 rings (SSSR count). The number of benzene rings is 1. The third-order valence-electron chi connectivity index (χ3n) is 2.25. The minimum Gasteiger partial charge on any atom is -0.356 e. The predicted molar refractivity (Wildman–Crippen MR) is 71.8 cm³/mol. The first kappa shape index (κ1) is 14.0. The summed E-state index contributed by atoms with van der Waals surface area (Å²) in [4.78, 5) is 22.0. The Labute approximate surface area is 107 Å². The second-order valence-electron chi connectivity index (χ2n) is 3.87. The molecule has 4 nitrogen and oxygen atoms in total. The van der Waals surface area contributed by atoms with Gasteiger partial charge in [0, 0.05) is 26.1 Å². The zero-order valence-electron chi connectivity index (χ0n) is 10.5. The Kier molecular flexibility index (Phi) is 6.25. The summed E-state index contributed by atoms with van der Waals surface area (Å²) >= 11 is 0. The lowest BCUT2D eigenvalue weighted by Gasteiger charge is -2.02. The molecule has 1 aromatic carbocycles. The molecule has 0 saturated carbocycles. The van der Waals surface area contributed by atoms with Gasteiger partial charge in [0.25, 0.3) is 0 Å². The smallest absolute Gasteiger partial charge is 0.244 e. The molecular weight excluding hydrogens is 228 g/mol. The number of hydrogen-bond donors (Lipinski definition) is 2. The summed E-state index contributed by atoms with van der Waals surface area (Å²) in [6.45, 7) is 2.61. The van der Waals surface area contributed by atoms with E-state index in [0.29, 0.717) is 13.1 Å². The lowest BCUT2D eigenvalue weighted by molar-refractivity contribution is -0.119. The number of amides is 2. The number of rotatable bonds is 6. The van der Waals surface area contributed by atoms with Crippen molar-refractivity contribution in [3.05, 3.63) is 42.0 Å². The van der Waals surface area contributed by atoms with Crippen LogP contribution in [0, 0.1) is 0 Å². The van der Waals surface area contributed by atoms with Crippen molar-refractivity contribution < 1.29 is 9.59 Å². The first-order valence-electron chi connectivity index (χ1n) is 5.94. The highest BCUT2D eigenvalue weighted by atomic mass is 16.2. The van der Waals surface area contributed by atoms with Gasteiger partial charge in [0.15, 0.2) is 0 Å². The molecule has 0 unspecified atom stereocenters. The molecule has 0 aliphatic heterocycles. The van der Waals surface area contributed by atoms with E-state index in [4.69, 9.17) is 0 Å². The summed E-state index contributed by atoms with van der Waals surface area (Å²) in [5.74, 6) is -0.174. The molecular formula is C14H18N2O2. The molecule has 0 heterocycles. The van der Waals surface area contributed by atoms with Crippen LogP contribution >= 0.6 is 0 Å². The molecule has 0 aliphatic carbocycles. The van der Waals surface area contributed by atoms with Gasteiger partial charge in [-0.3, -0.25) is 9.59 Å². The fourth-order valence-corrected chi connectivity index (χ4v) is 1.36. The van der Waals surface area contributed by atoms with E-state index in [1.165, 1.54) is 13.0 Å². The first-order valence-corrected chi connectivity index (χ1v) is 5.94. The van der Waals surface area contributed by atoms with E-state index in [2.05, 4.69) is 10.6 Å². The Morgan fingerprint density at radius 1 is 1.11 bits per heavy atom. The van der Waals surface area contributed by atoms with E-state index in [9.17, 15) is 9.59 Å². The van der Waals surface area contributed by atoms with Crippen LogP contribution in [-0.2, 0) is 9.59 Å². The lowest BCUT2D eigenvalue weighted by atomic mass is 10.2. The minimum absolute atomic E-state index is 0.0506. The maximum Gasteiger partial charge on any atom is 0.244 e. The van der Waals surface area contributed by atoms with Crippen molar-refractivity contribution in [3.63, 3.8) is 0 Å². The second kappa shape index (κ2) is 8.06. The normalized spacial score (nSPS) is 10.3. The first-order chi connectivity index (χ1) is 8.68. The average Bonchev–Trinajstić information content (AvgIpc) is 2.37. The molecule has 0 fully saturated rings. The quantitative estimate of drug-likeness (QED) is 0.588. The molecule has 1 aromatic rings. The van der Waals surface area contributed by atoms with Crippen LogP contribution in [0.2, 0.25) is 0 Å². The van der Waals surface area contributed by atoms with E-state index in [-0.39, 0.29) is 11.8 Å². The van der Waals surface area contributed by atoms with E-state index >= 15 is 0 Å². The van der Waals surface area contributed by atoms with Gasteiger partial charge in [0.05, 0.1) is 0 Å². The summed E-state index contributed by atoms with van der Waals surface area (Å²) in [7, 11) is 0. The van der Waals surface area contributed by atoms with Gasteiger partial charge in [-0.15, -0.1) is 0 Å². The van der Waals surface area contributed by atoms with Crippen molar-refractivity contribution in [3.8, 4) is 0 Å². The Bertz CT molecular complexity index is 413. The largest absolute Gasteiger partial charge is 0.356 e. The highest BCUT2D eigenvalue weighted by Gasteiger charge is 1.95. The van der Waals surface area contributed by atoms with Gasteiger partial charge in [0.1, 0.15) is 0 Å². The molecule has 0 bridgehead atoms. The van der Waals surface area contributed by atoms with Crippen LogP contribution in [-0.4, -0.2) is 24.9 Å². The number of carbonyl (C=O) groups is 2. The third kappa shape index (κ3) is 6.48. The van der Waals surface area contributed by atoms with Crippen molar-refractivity contribution in [2.75, 3.05) is 13.1 Å². The van der Waals surface area contributed by atoms with Crippen LogP contribution in [0.25, 0.3) is 6.08 Å². The Morgan fingerprint density at radius 2 is 1.78 bits per heavy atom. The molecule has 2 amide bonds. The van der Waals surface area contributed by atoms with Gasteiger partial charge in [0.2, 0.25) is 11.8 Å². The van der Waals surface area contributed by atoms with Gasteiger partial charge >= 0.3 is 0 Å². The Hall–Kier alpha value is -2.10. The monoisotopic (exact) mass is 246 g/mol. The van der Waals surface area contributed by atoms with Gasteiger partial charge < -0.3 is 10.6 Å². The molecule has 0 spiro atoms. The highest BCUT2D eigenvalue weighted by molar-refractivity contribution is 5.91. The molecule has 0 atom stereocenters. The van der Waals surface area contributed by atoms with Gasteiger partial charge in [-0.25, -0.2) is 0 Å². The standard InChI is InChI=1S/C14H18N2O2/c1-12(17)15-10-5-11-16-14(18)9-8-13-6-3-2-4-7-13/h2-4,6-9H,5,10-11H2,1H3,(H,15,17)(H,16,18). The predicted octanol–water partition coefficient (Wildman–Crippen LogP) is 1.34. The van der Waals surface area contributed by atoms with Crippen LogP contribution in [0.1, 0.15) is 18.9 Å². The van der Waals surface area contributed by atoms with Crippen molar-refractivity contribution in [2.45, 2.75) is 13.3 Å². The summed E-state index contributed by atoms with van der Waals surface area (Å²) in [5.41, 5.74) is 0.992. The molecule has 96 valence electrons. The van der Waals surface area contributed by atoms with Crippen LogP contribution < -0.4 is 10.6 Å². The maximum absolute atomic E-state index is 11.4. The topological polar surface area (TPSA) is 58.2 Å². The molecule has 0 aromatic heterocycles. The molecule has 0 saturated heterocycles. The summed E-state index contributed by atoms with van der Waals surface area (Å²) in [6.07, 6.45) is 4.00. The fourth-order valence-electron chi connectivity index (χ4n) is 1.36. The second-order valence-corrected chi connectivity index (χ2v) is 3.87. The molecule has 4 heteroatoms.